The number of rotatable bonds is 7. The largest absolute Gasteiger partial charge is 0.314 e. The van der Waals surface area contributed by atoms with Gasteiger partial charge in [-0.15, -0.1) is 0 Å². The van der Waals surface area contributed by atoms with Crippen molar-refractivity contribution in [3.05, 3.63) is 0 Å². The van der Waals surface area contributed by atoms with Crippen LogP contribution in [0.5, 0.6) is 0 Å². The van der Waals surface area contributed by atoms with E-state index in [9.17, 15) is 8.42 Å². The van der Waals surface area contributed by atoms with Crippen LogP contribution in [0.15, 0.2) is 0 Å². The molecule has 0 saturated carbocycles. The SMILES string of the molecule is CC(C)C(C)CNS(=O)(=O)CCC1CCCCN1. The molecule has 0 aliphatic carbocycles. The van der Waals surface area contributed by atoms with E-state index in [0.717, 1.165) is 19.4 Å². The first kappa shape index (κ1) is 15.9. The van der Waals surface area contributed by atoms with Gasteiger partial charge >= 0.3 is 0 Å². The third-order valence-electron chi connectivity index (χ3n) is 3.91. The first-order valence-corrected chi connectivity index (χ1v) is 8.76. The Kier molecular flexibility index (Phi) is 6.60. The van der Waals surface area contributed by atoms with Gasteiger partial charge in [-0.1, -0.05) is 27.2 Å². The van der Waals surface area contributed by atoms with Crippen LogP contribution in [0, 0.1) is 11.8 Å². The predicted octanol–water partition coefficient (Wildman–Crippen LogP) is 1.73. The van der Waals surface area contributed by atoms with Gasteiger partial charge in [-0.3, -0.25) is 0 Å². The first-order chi connectivity index (χ1) is 8.41. The van der Waals surface area contributed by atoms with Crippen LogP contribution in [0.3, 0.4) is 0 Å². The molecule has 0 spiro atoms. The summed E-state index contributed by atoms with van der Waals surface area (Å²) in [5.74, 6) is 1.13. The zero-order valence-electron chi connectivity index (χ0n) is 11.9. The molecule has 1 aliphatic rings. The normalized spacial score (nSPS) is 23.2. The molecule has 0 radical (unpaired) electrons. The highest BCUT2D eigenvalue weighted by atomic mass is 32.2. The van der Waals surface area contributed by atoms with Crippen LogP contribution in [-0.4, -0.2) is 33.3 Å². The van der Waals surface area contributed by atoms with Crippen LogP contribution < -0.4 is 10.0 Å². The molecular weight excluding hydrogens is 248 g/mol. The Hall–Kier alpha value is -0.130. The highest BCUT2D eigenvalue weighted by Gasteiger charge is 2.18. The van der Waals surface area contributed by atoms with Gasteiger partial charge in [0.05, 0.1) is 5.75 Å². The van der Waals surface area contributed by atoms with Crippen molar-refractivity contribution in [2.45, 2.75) is 52.5 Å². The lowest BCUT2D eigenvalue weighted by atomic mass is 9.99. The Labute approximate surface area is 112 Å². The van der Waals surface area contributed by atoms with Crippen LogP contribution in [0.4, 0.5) is 0 Å². The minimum atomic E-state index is -3.10. The molecule has 1 heterocycles. The summed E-state index contributed by atoms with van der Waals surface area (Å²) in [6, 6.07) is 0.387. The maximum atomic E-state index is 11.9. The molecule has 1 rings (SSSR count). The summed E-state index contributed by atoms with van der Waals surface area (Å²) in [7, 11) is -3.10. The standard InChI is InChI=1S/C13H28N2O2S/c1-11(2)12(3)10-15-18(16,17)9-7-13-6-4-5-8-14-13/h11-15H,4-10H2,1-3H3. The maximum Gasteiger partial charge on any atom is 0.211 e. The molecule has 0 aromatic heterocycles. The topological polar surface area (TPSA) is 58.2 Å². The molecule has 18 heavy (non-hydrogen) atoms. The van der Waals surface area contributed by atoms with E-state index in [4.69, 9.17) is 0 Å². The summed E-state index contributed by atoms with van der Waals surface area (Å²) in [5.41, 5.74) is 0. The van der Waals surface area contributed by atoms with Crippen molar-refractivity contribution in [3.63, 3.8) is 0 Å². The fraction of sp³-hybridized carbons (Fsp3) is 1.00. The summed E-state index contributed by atoms with van der Waals surface area (Å²) in [6.45, 7) is 7.90. The lowest BCUT2D eigenvalue weighted by Crippen LogP contribution is -2.38. The van der Waals surface area contributed by atoms with E-state index in [1.54, 1.807) is 0 Å². The van der Waals surface area contributed by atoms with Crippen molar-refractivity contribution in [3.8, 4) is 0 Å². The number of hydrogen-bond acceptors (Lipinski definition) is 3. The Morgan fingerprint density at radius 3 is 2.56 bits per heavy atom. The van der Waals surface area contributed by atoms with E-state index in [1.807, 2.05) is 0 Å². The van der Waals surface area contributed by atoms with Crippen molar-refractivity contribution in [1.29, 1.82) is 0 Å². The summed E-state index contributed by atoms with van der Waals surface area (Å²) in [5, 5.41) is 3.38. The zero-order valence-corrected chi connectivity index (χ0v) is 12.7. The second kappa shape index (κ2) is 7.46. The molecule has 0 aromatic carbocycles. The summed E-state index contributed by atoms with van der Waals surface area (Å²) < 4.78 is 26.4. The molecule has 2 atom stereocenters. The Bertz CT molecular complexity index is 322. The van der Waals surface area contributed by atoms with Crippen molar-refractivity contribution in [2.24, 2.45) is 11.8 Å². The number of sulfonamides is 1. The van der Waals surface area contributed by atoms with Crippen molar-refractivity contribution in [1.82, 2.24) is 10.0 Å². The smallest absolute Gasteiger partial charge is 0.211 e. The monoisotopic (exact) mass is 276 g/mol. The average Bonchev–Trinajstić information content (AvgIpc) is 2.35. The molecule has 1 fully saturated rings. The van der Waals surface area contributed by atoms with E-state index in [-0.39, 0.29) is 5.75 Å². The molecular formula is C13H28N2O2S. The molecule has 0 bridgehead atoms. The predicted molar refractivity (Wildman–Crippen MR) is 76.1 cm³/mol. The number of nitrogens with one attached hydrogen (secondary N) is 2. The van der Waals surface area contributed by atoms with Crippen LogP contribution >= 0.6 is 0 Å². The second-order valence-corrected chi connectivity index (χ2v) is 7.75. The van der Waals surface area contributed by atoms with E-state index in [2.05, 4.69) is 30.8 Å². The maximum absolute atomic E-state index is 11.9. The summed E-state index contributed by atoms with van der Waals surface area (Å²) >= 11 is 0. The van der Waals surface area contributed by atoms with Crippen molar-refractivity contribution >= 4 is 10.0 Å². The van der Waals surface area contributed by atoms with Gasteiger partial charge in [0.15, 0.2) is 0 Å². The lowest BCUT2D eigenvalue weighted by molar-refractivity contribution is 0.390. The fourth-order valence-corrected chi connectivity index (χ4v) is 3.29. The fourth-order valence-electron chi connectivity index (χ4n) is 2.03. The van der Waals surface area contributed by atoms with E-state index in [0.29, 0.717) is 24.4 Å². The van der Waals surface area contributed by atoms with Gasteiger partial charge in [-0.25, -0.2) is 13.1 Å². The highest BCUT2D eigenvalue weighted by Crippen LogP contribution is 2.11. The quantitative estimate of drug-likeness (QED) is 0.744. The van der Waals surface area contributed by atoms with E-state index < -0.39 is 10.0 Å². The van der Waals surface area contributed by atoms with Gasteiger partial charge in [0.1, 0.15) is 0 Å². The van der Waals surface area contributed by atoms with Crippen LogP contribution in [0.1, 0.15) is 46.5 Å². The minimum absolute atomic E-state index is 0.246. The van der Waals surface area contributed by atoms with Crippen molar-refractivity contribution in [2.75, 3.05) is 18.8 Å². The summed E-state index contributed by atoms with van der Waals surface area (Å²) in [4.78, 5) is 0. The van der Waals surface area contributed by atoms with Crippen molar-refractivity contribution < 1.29 is 8.42 Å². The van der Waals surface area contributed by atoms with E-state index >= 15 is 0 Å². The van der Waals surface area contributed by atoms with Gasteiger partial charge in [0, 0.05) is 12.6 Å². The van der Waals surface area contributed by atoms with Gasteiger partial charge in [0.25, 0.3) is 0 Å². The Morgan fingerprint density at radius 2 is 2.00 bits per heavy atom. The van der Waals surface area contributed by atoms with Gasteiger partial charge < -0.3 is 5.32 Å². The third-order valence-corrected chi connectivity index (χ3v) is 5.29. The molecule has 0 aromatic rings. The molecule has 2 N–H and O–H groups in total. The Morgan fingerprint density at radius 1 is 1.28 bits per heavy atom. The van der Waals surface area contributed by atoms with Gasteiger partial charge in [-0.05, 0) is 37.6 Å². The van der Waals surface area contributed by atoms with Gasteiger partial charge in [0.2, 0.25) is 10.0 Å². The lowest BCUT2D eigenvalue weighted by Gasteiger charge is -2.23. The average molecular weight is 276 g/mol. The minimum Gasteiger partial charge on any atom is -0.314 e. The first-order valence-electron chi connectivity index (χ1n) is 7.11. The second-order valence-electron chi connectivity index (χ2n) is 5.82. The van der Waals surface area contributed by atoms with Gasteiger partial charge in [-0.2, -0.15) is 0 Å². The molecule has 108 valence electrons. The van der Waals surface area contributed by atoms with Crippen LogP contribution in [0.25, 0.3) is 0 Å². The zero-order chi connectivity index (χ0) is 13.6. The molecule has 5 heteroatoms. The Balaban J connectivity index is 2.26. The number of piperidine rings is 1. The van der Waals surface area contributed by atoms with Crippen LogP contribution in [0.2, 0.25) is 0 Å². The van der Waals surface area contributed by atoms with E-state index in [1.165, 1.54) is 12.8 Å². The number of hydrogen-bond donors (Lipinski definition) is 2. The summed E-state index contributed by atoms with van der Waals surface area (Å²) in [6.07, 6.45) is 4.27. The molecule has 1 saturated heterocycles. The molecule has 4 nitrogen and oxygen atoms in total. The highest BCUT2D eigenvalue weighted by molar-refractivity contribution is 7.89. The molecule has 2 unspecified atom stereocenters. The van der Waals surface area contributed by atoms with Crippen LogP contribution in [-0.2, 0) is 10.0 Å². The molecule has 0 amide bonds. The third kappa shape index (κ3) is 6.16. The molecule has 1 aliphatic heterocycles.